The molecular weight excluding hydrogens is 324 g/mol. The maximum atomic E-state index is 12.0. The number of amides is 2. The van der Waals surface area contributed by atoms with Crippen molar-refractivity contribution in [2.45, 2.75) is 46.3 Å². The molecule has 0 heterocycles. The number of benzene rings is 1. The Morgan fingerprint density at radius 3 is 2.24 bits per heavy atom. The van der Waals surface area contributed by atoms with E-state index >= 15 is 0 Å². The quantitative estimate of drug-likeness (QED) is 0.730. The predicted molar refractivity (Wildman–Crippen MR) is 93.4 cm³/mol. The van der Waals surface area contributed by atoms with E-state index in [1.807, 2.05) is 27.7 Å². The molecule has 0 aliphatic carbocycles. The molecule has 7 heteroatoms. The number of hydrogen-bond donors (Lipinski definition) is 2. The first-order valence-electron chi connectivity index (χ1n) is 8.15. The van der Waals surface area contributed by atoms with Gasteiger partial charge >= 0.3 is 5.97 Å². The second kappa shape index (κ2) is 9.05. The van der Waals surface area contributed by atoms with Gasteiger partial charge in [0.1, 0.15) is 12.3 Å². The Morgan fingerprint density at radius 1 is 1.12 bits per heavy atom. The summed E-state index contributed by atoms with van der Waals surface area (Å²) in [6, 6.07) is 6.56. The second-order valence-corrected chi connectivity index (χ2v) is 6.51. The summed E-state index contributed by atoms with van der Waals surface area (Å²) in [6.07, 6.45) is -0.936. The summed E-state index contributed by atoms with van der Waals surface area (Å²) in [5, 5.41) is 5.17. The first kappa shape index (κ1) is 20.5. The molecule has 1 unspecified atom stereocenters. The third-order valence-electron chi connectivity index (χ3n) is 3.00. The van der Waals surface area contributed by atoms with Crippen LogP contribution in [0.15, 0.2) is 24.3 Å². The van der Waals surface area contributed by atoms with Crippen molar-refractivity contribution in [1.82, 2.24) is 10.6 Å². The van der Waals surface area contributed by atoms with E-state index in [1.165, 1.54) is 6.92 Å². The van der Waals surface area contributed by atoms with Crippen molar-refractivity contribution >= 4 is 17.8 Å². The van der Waals surface area contributed by atoms with Crippen LogP contribution in [0.5, 0.6) is 5.75 Å². The smallest absolute Gasteiger partial charge is 0.326 e. The number of rotatable bonds is 7. The fraction of sp³-hybridized carbons (Fsp3) is 0.500. The fourth-order valence-corrected chi connectivity index (χ4v) is 1.89. The van der Waals surface area contributed by atoms with Gasteiger partial charge in [0.25, 0.3) is 11.8 Å². The predicted octanol–water partition coefficient (Wildman–Crippen LogP) is 1.66. The Morgan fingerprint density at radius 2 is 1.72 bits per heavy atom. The van der Waals surface area contributed by atoms with Gasteiger partial charge in [0.15, 0.2) is 6.10 Å². The van der Waals surface area contributed by atoms with Crippen molar-refractivity contribution in [3.05, 3.63) is 29.8 Å². The number of esters is 1. The average molecular weight is 350 g/mol. The van der Waals surface area contributed by atoms with Gasteiger partial charge in [-0.15, -0.1) is 0 Å². The first-order chi connectivity index (χ1) is 11.6. The number of hydrogen-bond acceptors (Lipinski definition) is 5. The molecule has 0 saturated heterocycles. The third kappa shape index (κ3) is 7.69. The van der Waals surface area contributed by atoms with Gasteiger partial charge in [0.05, 0.1) is 6.61 Å². The van der Waals surface area contributed by atoms with Gasteiger partial charge in [0, 0.05) is 11.1 Å². The number of carbonyl (C=O) groups excluding carboxylic acids is 3. The van der Waals surface area contributed by atoms with Crippen LogP contribution in [0.25, 0.3) is 0 Å². The van der Waals surface area contributed by atoms with Crippen molar-refractivity contribution in [2.24, 2.45) is 0 Å². The lowest BCUT2D eigenvalue weighted by molar-refractivity contribution is -0.154. The van der Waals surface area contributed by atoms with Crippen LogP contribution >= 0.6 is 0 Å². The summed E-state index contributed by atoms with van der Waals surface area (Å²) >= 11 is 0. The Kier molecular flexibility index (Phi) is 7.42. The molecule has 0 aliphatic rings. The standard InChI is InChI=1S/C18H26N2O5/c1-6-24-14-9-7-13(8-10-14)17(23)19-11-15(21)25-12(2)16(22)20-18(3,4)5/h7-10,12H,6,11H2,1-5H3,(H,19,23)(H,20,22). The molecule has 138 valence electrons. The lowest BCUT2D eigenvalue weighted by Crippen LogP contribution is -2.46. The highest BCUT2D eigenvalue weighted by Crippen LogP contribution is 2.11. The van der Waals surface area contributed by atoms with Gasteiger partial charge in [-0.05, 0) is 58.9 Å². The minimum absolute atomic E-state index is 0.320. The fourth-order valence-electron chi connectivity index (χ4n) is 1.89. The molecule has 0 saturated carbocycles. The van der Waals surface area contributed by atoms with Crippen LogP contribution in [0.2, 0.25) is 0 Å². The molecule has 0 bridgehead atoms. The summed E-state index contributed by atoms with van der Waals surface area (Å²) in [5.41, 5.74) is -0.0191. The molecule has 0 radical (unpaired) electrons. The monoisotopic (exact) mass is 350 g/mol. The van der Waals surface area contributed by atoms with Gasteiger partial charge in [-0.3, -0.25) is 14.4 Å². The second-order valence-electron chi connectivity index (χ2n) is 6.51. The molecule has 25 heavy (non-hydrogen) atoms. The zero-order valence-electron chi connectivity index (χ0n) is 15.3. The van der Waals surface area contributed by atoms with Gasteiger partial charge in [-0.1, -0.05) is 0 Å². The normalized spacial score (nSPS) is 12.0. The van der Waals surface area contributed by atoms with E-state index in [4.69, 9.17) is 9.47 Å². The van der Waals surface area contributed by atoms with Gasteiger partial charge < -0.3 is 20.1 Å². The zero-order chi connectivity index (χ0) is 19.0. The molecule has 1 aromatic rings. The summed E-state index contributed by atoms with van der Waals surface area (Å²) in [7, 11) is 0. The Balaban J connectivity index is 2.44. The van der Waals surface area contributed by atoms with Crippen LogP contribution < -0.4 is 15.4 Å². The maximum absolute atomic E-state index is 12.0. The Labute approximate surface area is 148 Å². The van der Waals surface area contributed by atoms with E-state index in [-0.39, 0.29) is 6.54 Å². The molecule has 7 nitrogen and oxygen atoms in total. The van der Waals surface area contributed by atoms with E-state index < -0.39 is 29.4 Å². The third-order valence-corrected chi connectivity index (χ3v) is 3.00. The lowest BCUT2D eigenvalue weighted by Gasteiger charge is -2.23. The minimum atomic E-state index is -0.936. The Hall–Kier alpha value is -2.57. The molecule has 0 aromatic heterocycles. The van der Waals surface area contributed by atoms with Crippen LogP contribution in [0.3, 0.4) is 0 Å². The highest BCUT2D eigenvalue weighted by molar-refractivity contribution is 5.96. The molecule has 1 rings (SSSR count). The van der Waals surface area contributed by atoms with Crippen LogP contribution in [-0.2, 0) is 14.3 Å². The van der Waals surface area contributed by atoms with Crippen LogP contribution in [0, 0.1) is 0 Å². The number of ether oxygens (including phenoxy) is 2. The molecule has 2 amide bonds. The Bertz CT molecular complexity index is 605. The lowest BCUT2D eigenvalue weighted by atomic mass is 10.1. The minimum Gasteiger partial charge on any atom is -0.494 e. The van der Waals surface area contributed by atoms with Crippen molar-refractivity contribution in [1.29, 1.82) is 0 Å². The van der Waals surface area contributed by atoms with Gasteiger partial charge in [0.2, 0.25) is 0 Å². The summed E-state index contributed by atoms with van der Waals surface area (Å²) in [4.78, 5) is 35.6. The van der Waals surface area contributed by atoms with Crippen LogP contribution in [0.1, 0.15) is 45.0 Å². The summed E-state index contributed by atoms with van der Waals surface area (Å²) in [5.74, 6) is -0.821. The van der Waals surface area contributed by atoms with Crippen molar-refractivity contribution in [3.8, 4) is 5.75 Å². The van der Waals surface area contributed by atoms with Gasteiger partial charge in [-0.25, -0.2) is 0 Å². The van der Waals surface area contributed by atoms with Crippen molar-refractivity contribution < 1.29 is 23.9 Å². The maximum Gasteiger partial charge on any atom is 0.326 e. The molecule has 0 aliphatic heterocycles. The topological polar surface area (TPSA) is 93.7 Å². The van der Waals surface area contributed by atoms with Crippen molar-refractivity contribution in [3.63, 3.8) is 0 Å². The van der Waals surface area contributed by atoms with E-state index in [0.29, 0.717) is 17.9 Å². The molecule has 1 atom stereocenters. The highest BCUT2D eigenvalue weighted by atomic mass is 16.5. The number of nitrogens with one attached hydrogen (secondary N) is 2. The van der Waals surface area contributed by atoms with Crippen LogP contribution in [-0.4, -0.2) is 42.6 Å². The largest absolute Gasteiger partial charge is 0.494 e. The van der Waals surface area contributed by atoms with Gasteiger partial charge in [-0.2, -0.15) is 0 Å². The van der Waals surface area contributed by atoms with Crippen LogP contribution in [0.4, 0.5) is 0 Å². The molecular formula is C18H26N2O5. The molecule has 2 N–H and O–H groups in total. The van der Waals surface area contributed by atoms with E-state index in [1.54, 1.807) is 24.3 Å². The molecule has 0 fully saturated rings. The summed E-state index contributed by atoms with van der Waals surface area (Å²) in [6.45, 7) is 9.06. The summed E-state index contributed by atoms with van der Waals surface area (Å²) < 4.78 is 10.3. The van der Waals surface area contributed by atoms with Crippen molar-refractivity contribution in [2.75, 3.05) is 13.2 Å². The number of carbonyl (C=O) groups is 3. The van der Waals surface area contributed by atoms with E-state index in [2.05, 4.69) is 10.6 Å². The molecule has 1 aromatic carbocycles. The highest BCUT2D eigenvalue weighted by Gasteiger charge is 2.22. The zero-order valence-corrected chi connectivity index (χ0v) is 15.3. The van der Waals surface area contributed by atoms with E-state index in [9.17, 15) is 14.4 Å². The average Bonchev–Trinajstić information content (AvgIpc) is 2.52. The first-order valence-corrected chi connectivity index (χ1v) is 8.15. The van der Waals surface area contributed by atoms with E-state index in [0.717, 1.165) is 0 Å². The molecule has 0 spiro atoms. The SMILES string of the molecule is CCOc1ccc(C(=O)NCC(=O)OC(C)C(=O)NC(C)(C)C)cc1.